The summed E-state index contributed by atoms with van der Waals surface area (Å²) in [6.45, 7) is 8.38. The van der Waals surface area contributed by atoms with Crippen LogP contribution in [0.15, 0.2) is 70.7 Å². The van der Waals surface area contributed by atoms with Gasteiger partial charge < -0.3 is 19.0 Å². The van der Waals surface area contributed by atoms with Crippen molar-refractivity contribution < 1.29 is 24.2 Å². The number of hydrogen-bond donors (Lipinski definition) is 1. The molecule has 0 aliphatic carbocycles. The first-order chi connectivity index (χ1) is 22.7. The smallest absolute Gasteiger partial charge is 0.301 e. The van der Waals surface area contributed by atoms with E-state index in [0.717, 1.165) is 24.0 Å². The molecule has 12 heteroatoms. The van der Waals surface area contributed by atoms with Crippen molar-refractivity contribution in [1.29, 1.82) is 0 Å². The Morgan fingerprint density at radius 2 is 1.83 bits per heavy atom. The van der Waals surface area contributed by atoms with Gasteiger partial charge in [0.2, 0.25) is 5.13 Å². The van der Waals surface area contributed by atoms with Crippen LogP contribution in [0.4, 0.5) is 5.13 Å². The van der Waals surface area contributed by atoms with E-state index in [-0.39, 0.29) is 22.2 Å². The summed E-state index contributed by atoms with van der Waals surface area (Å²) in [6, 6.07) is 16.3. The van der Waals surface area contributed by atoms with Gasteiger partial charge in [0.15, 0.2) is 21.6 Å². The van der Waals surface area contributed by atoms with Crippen molar-refractivity contribution in [3.63, 3.8) is 0 Å². The lowest BCUT2D eigenvalue weighted by Crippen LogP contribution is -2.29. The van der Waals surface area contributed by atoms with Crippen LogP contribution >= 0.6 is 23.1 Å². The number of ether oxygens (including phenoxy) is 2. The number of aliphatic hydroxyl groups excluding tert-OH is 1. The van der Waals surface area contributed by atoms with Crippen LogP contribution in [0.2, 0.25) is 0 Å². The Morgan fingerprint density at radius 1 is 1.04 bits per heavy atom. The van der Waals surface area contributed by atoms with Crippen LogP contribution < -0.4 is 14.4 Å². The maximum atomic E-state index is 13.9. The summed E-state index contributed by atoms with van der Waals surface area (Å²) in [6.07, 6.45) is 3.70. The number of pyridine rings is 1. The van der Waals surface area contributed by atoms with Crippen molar-refractivity contribution >= 4 is 51.3 Å². The largest absolute Gasteiger partial charge is 0.505 e. The van der Waals surface area contributed by atoms with Crippen molar-refractivity contribution in [1.82, 2.24) is 19.6 Å². The minimum Gasteiger partial charge on any atom is -0.505 e. The number of methoxy groups -OCH3 is 1. The van der Waals surface area contributed by atoms with Gasteiger partial charge in [-0.1, -0.05) is 78.4 Å². The van der Waals surface area contributed by atoms with Gasteiger partial charge in [-0.05, 0) is 62.1 Å². The monoisotopic (exact) mass is 669 g/mol. The fourth-order valence-electron chi connectivity index (χ4n) is 5.51. The second-order valence-electron chi connectivity index (χ2n) is 11.3. The van der Waals surface area contributed by atoms with E-state index >= 15 is 0 Å². The lowest BCUT2D eigenvalue weighted by atomic mass is 9.96. The van der Waals surface area contributed by atoms with Crippen LogP contribution in [0, 0.1) is 20.8 Å². The molecule has 3 aromatic heterocycles. The summed E-state index contributed by atoms with van der Waals surface area (Å²) in [4.78, 5) is 33.7. The van der Waals surface area contributed by atoms with Gasteiger partial charge in [-0.15, -0.1) is 10.2 Å². The second kappa shape index (κ2) is 13.6. The average molecular weight is 670 g/mol. The lowest BCUT2D eigenvalue weighted by molar-refractivity contribution is -0.132. The van der Waals surface area contributed by atoms with E-state index in [9.17, 15) is 14.7 Å². The van der Waals surface area contributed by atoms with Crippen LogP contribution in [0.25, 0.3) is 11.4 Å². The van der Waals surface area contributed by atoms with Gasteiger partial charge in [-0.2, -0.15) is 0 Å². The summed E-state index contributed by atoms with van der Waals surface area (Å²) in [5, 5.41) is 20.8. The molecule has 1 saturated heterocycles. The number of anilines is 1. The molecular formula is C35H35N5O5S2. The number of nitrogens with zero attached hydrogens (tertiary/aromatic N) is 5. The number of carbonyl (C=O) groups excluding carboxylic acids is 2. The quantitative estimate of drug-likeness (QED) is 0.0388. The molecule has 4 heterocycles. The molecule has 0 spiro atoms. The number of carbonyl (C=O) groups is 2. The number of aliphatic hydroxyl groups is 1. The molecule has 1 atom stereocenters. The maximum Gasteiger partial charge on any atom is 0.301 e. The Bertz CT molecular complexity index is 2000. The number of unbranched alkanes of at least 4 members (excludes halogenated alkanes) is 1. The summed E-state index contributed by atoms with van der Waals surface area (Å²) < 4.78 is 14.1. The van der Waals surface area contributed by atoms with Crippen LogP contribution in [0.1, 0.15) is 59.4 Å². The molecule has 1 N–H and O–H groups in total. The number of fused-ring (bicyclic) bond motifs is 1. The van der Waals surface area contributed by atoms with E-state index in [2.05, 4.69) is 41.4 Å². The molecule has 1 fully saturated rings. The third-order valence-corrected chi connectivity index (χ3v) is 10.2. The zero-order valence-electron chi connectivity index (χ0n) is 26.8. The SMILES string of the molecule is CCCCOc1ccc(C2C(=C(O)c3nc4c(C)cccn4c3C)C(=O)C(=O)N2c2nnc(SCc3ccc(C)cc3)s2)cc1OC. The molecule has 0 bridgehead atoms. The van der Waals surface area contributed by atoms with Crippen molar-refractivity contribution in [2.75, 3.05) is 18.6 Å². The number of aryl methyl sites for hydroxylation is 3. The van der Waals surface area contributed by atoms with Crippen molar-refractivity contribution in [2.45, 2.75) is 56.7 Å². The molecule has 242 valence electrons. The van der Waals surface area contributed by atoms with Crippen molar-refractivity contribution in [3.8, 4) is 11.5 Å². The highest BCUT2D eigenvalue weighted by molar-refractivity contribution is 8.00. The third kappa shape index (κ3) is 6.22. The van der Waals surface area contributed by atoms with E-state index in [1.165, 1.54) is 40.7 Å². The van der Waals surface area contributed by atoms with E-state index < -0.39 is 17.7 Å². The number of aromatic nitrogens is 4. The Balaban J connectivity index is 1.44. The summed E-state index contributed by atoms with van der Waals surface area (Å²) in [7, 11) is 1.54. The first-order valence-electron chi connectivity index (χ1n) is 15.3. The first kappa shape index (κ1) is 32.3. The molecule has 6 rings (SSSR count). The van der Waals surface area contributed by atoms with Crippen LogP contribution in [-0.2, 0) is 15.3 Å². The van der Waals surface area contributed by atoms with Gasteiger partial charge in [0.1, 0.15) is 11.3 Å². The number of rotatable bonds is 11. The normalized spacial score (nSPS) is 15.9. The molecule has 2 aromatic carbocycles. The molecule has 1 unspecified atom stereocenters. The molecule has 1 aliphatic heterocycles. The highest BCUT2D eigenvalue weighted by Crippen LogP contribution is 2.46. The average Bonchev–Trinajstić information content (AvgIpc) is 3.75. The molecule has 5 aromatic rings. The number of amides is 1. The van der Waals surface area contributed by atoms with Gasteiger partial charge >= 0.3 is 5.91 Å². The van der Waals surface area contributed by atoms with Gasteiger partial charge in [0.25, 0.3) is 5.78 Å². The van der Waals surface area contributed by atoms with E-state index in [1.54, 1.807) is 18.2 Å². The van der Waals surface area contributed by atoms with E-state index in [4.69, 9.17) is 14.5 Å². The van der Waals surface area contributed by atoms with Gasteiger partial charge in [0, 0.05) is 11.9 Å². The first-order valence-corrected chi connectivity index (χ1v) is 17.1. The molecule has 1 amide bonds. The number of ketones is 1. The molecule has 0 radical (unpaired) electrons. The standard InChI is InChI=1S/C35H35N5O5S2/c1-6-7-17-45-25-15-14-24(18-26(25)44-5)29-27(30(41)28-22(4)39-16-8-9-21(3)32(39)36-28)31(42)33(43)40(29)34-37-38-35(47-34)46-19-23-12-10-20(2)11-13-23/h8-16,18,29,41H,6-7,17,19H2,1-5H3. The number of Topliss-reactive ketones (excluding diaryl/α,β-unsaturated/α-hetero) is 1. The number of thioether (sulfide) groups is 1. The summed E-state index contributed by atoms with van der Waals surface area (Å²) in [5.74, 6) is -0.374. The highest BCUT2D eigenvalue weighted by Gasteiger charge is 2.49. The minimum atomic E-state index is -1.03. The lowest BCUT2D eigenvalue weighted by Gasteiger charge is -2.23. The maximum absolute atomic E-state index is 13.9. The Hall–Kier alpha value is -4.68. The van der Waals surface area contributed by atoms with Crippen LogP contribution in [0.5, 0.6) is 11.5 Å². The fraction of sp³-hybridized carbons (Fsp3) is 0.286. The number of hydrogen-bond acceptors (Lipinski definition) is 10. The molecular weight excluding hydrogens is 635 g/mol. The van der Waals surface area contributed by atoms with Gasteiger partial charge in [-0.3, -0.25) is 14.5 Å². The van der Waals surface area contributed by atoms with Crippen molar-refractivity contribution in [2.24, 2.45) is 0 Å². The predicted octanol–water partition coefficient (Wildman–Crippen LogP) is 7.22. The second-order valence-corrected chi connectivity index (χ2v) is 13.5. The van der Waals surface area contributed by atoms with Crippen LogP contribution in [-0.4, -0.2) is 50.1 Å². The van der Waals surface area contributed by atoms with Crippen LogP contribution in [0.3, 0.4) is 0 Å². The zero-order chi connectivity index (χ0) is 33.2. The summed E-state index contributed by atoms with van der Waals surface area (Å²) >= 11 is 2.71. The number of benzene rings is 2. The topological polar surface area (TPSA) is 119 Å². The van der Waals surface area contributed by atoms with Gasteiger partial charge in [0.05, 0.1) is 31.0 Å². The molecule has 1 aliphatic rings. The van der Waals surface area contributed by atoms with Gasteiger partial charge in [-0.25, -0.2) is 4.98 Å². The Kier molecular flexibility index (Phi) is 9.33. The Labute approximate surface area is 281 Å². The third-order valence-electron chi connectivity index (χ3n) is 8.10. The fourth-order valence-corrected chi connectivity index (χ4v) is 7.33. The highest BCUT2D eigenvalue weighted by atomic mass is 32.2. The molecule has 0 saturated carbocycles. The van der Waals surface area contributed by atoms with E-state index in [0.29, 0.717) is 45.1 Å². The molecule has 47 heavy (non-hydrogen) atoms. The summed E-state index contributed by atoms with van der Waals surface area (Å²) in [5.41, 5.74) is 5.15. The zero-order valence-corrected chi connectivity index (χ0v) is 28.4. The van der Waals surface area contributed by atoms with Crippen molar-refractivity contribution in [3.05, 3.63) is 100 Å². The predicted molar refractivity (Wildman–Crippen MR) is 183 cm³/mol. The number of imidazole rings is 1. The Morgan fingerprint density at radius 3 is 2.55 bits per heavy atom. The minimum absolute atomic E-state index is 0.0927. The molecule has 10 nitrogen and oxygen atoms in total. The van der Waals surface area contributed by atoms with E-state index in [1.807, 2.05) is 43.5 Å².